The first-order valence-electron chi connectivity index (χ1n) is 8.31. The summed E-state index contributed by atoms with van der Waals surface area (Å²) in [6.45, 7) is 0. The first-order chi connectivity index (χ1) is 13.5. The fraction of sp³-hybridized carbons (Fsp3) is 0.222. The van der Waals surface area contributed by atoms with Crippen LogP contribution in [0.2, 0.25) is 5.15 Å². The van der Waals surface area contributed by atoms with Crippen molar-refractivity contribution in [2.75, 3.05) is 0 Å². The molecule has 0 fully saturated rings. The van der Waals surface area contributed by atoms with Gasteiger partial charge in [0.15, 0.2) is 0 Å². The molecular formula is C18H14ClF3N2O4S. The van der Waals surface area contributed by atoms with E-state index in [1.54, 1.807) is 0 Å². The van der Waals surface area contributed by atoms with Gasteiger partial charge in [-0.15, -0.1) is 0 Å². The predicted octanol–water partition coefficient (Wildman–Crippen LogP) is 4.35. The van der Waals surface area contributed by atoms with Crippen LogP contribution in [0.15, 0.2) is 47.4 Å². The lowest BCUT2D eigenvalue weighted by Crippen LogP contribution is -2.17. The Bertz CT molecular complexity index is 1190. The summed E-state index contributed by atoms with van der Waals surface area (Å²) in [5, 5.41) is 8.93. The van der Waals surface area contributed by atoms with Crippen LogP contribution in [0.5, 0.6) is 0 Å². The van der Waals surface area contributed by atoms with E-state index >= 15 is 0 Å². The number of carboxylic acid groups (broad SMARTS) is 1. The van der Waals surface area contributed by atoms with Crippen molar-refractivity contribution in [3.8, 4) is 0 Å². The Labute approximate surface area is 168 Å². The number of aromatic nitrogens is 2. The molecule has 3 rings (SSSR count). The normalized spacial score (nSPS) is 12.4. The van der Waals surface area contributed by atoms with Crippen molar-refractivity contribution in [1.29, 1.82) is 0 Å². The fourth-order valence-electron chi connectivity index (χ4n) is 2.91. The number of carboxylic acids is 1. The molecule has 0 atom stereocenters. The van der Waals surface area contributed by atoms with Crippen molar-refractivity contribution in [3.05, 3.63) is 58.9 Å². The molecule has 154 valence electrons. The summed E-state index contributed by atoms with van der Waals surface area (Å²) in [4.78, 5) is 14.3. The summed E-state index contributed by atoms with van der Waals surface area (Å²) >= 11 is 5.86. The van der Waals surface area contributed by atoms with E-state index in [1.807, 2.05) is 0 Å². The summed E-state index contributed by atoms with van der Waals surface area (Å²) in [5.74, 6) is -1.05. The number of fused-ring (bicyclic) bond motifs is 1. The molecule has 1 aromatic carbocycles. The zero-order chi connectivity index (χ0) is 21.4. The van der Waals surface area contributed by atoms with E-state index in [0.29, 0.717) is 6.07 Å². The molecule has 0 amide bonds. The monoisotopic (exact) mass is 446 g/mol. The molecule has 11 heteroatoms. The van der Waals surface area contributed by atoms with Gasteiger partial charge in [0.25, 0.3) is 10.0 Å². The molecular weight excluding hydrogens is 433 g/mol. The first-order valence-corrected chi connectivity index (χ1v) is 10.1. The van der Waals surface area contributed by atoms with Gasteiger partial charge >= 0.3 is 12.1 Å². The summed E-state index contributed by atoms with van der Waals surface area (Å²) in [7, 11) is -4.41. The van der Waals surface area contributed by atoms with Gasteiger partial charge in [-0.2, -0.15) is 13.2 Å². The number of alkyl halides is 3. The molecule has 0 saturated heterocycles. The highest BCUT2D eigenvalue weighted by atomic mass is 35.5. The van der Waals surface area contributed by atoms with Gasteiger partial charge in [-0.25, -0.2) is 17.4 Å². The molecule has 0 bridgehead atoms. The van der Waals surface area contributed by atoms with Gasteiger partial charge in [0, 0.05) is 12.1 Å². The van der Waals surface area contributed by atoms with Crippen molar-refractivity contribution < 1.29 is 31.5 Å². The Morgan fingerprint density at radius 2 is 1.90 bits per heavy atom. The van der Waals surface area contributed by atoms with Gasteiger partial charge in [-0.05, 0) is 49.2 Å². The highest BCUT2D eigenvalue weighted by Gasteiger charge is 2.32. The third-order valence-corrected chi connectivity index (χ3v) is 6.15. The largest absolute Gasteiger partial charge is 0.481 e. The maximum Gasteiger partial charge on any atom is 0.416 e. The van der Waals surface area contributed by atoms with Gasteiger partial charge in [-0.1, -0.05) is 17.7 Å². The molecule has 0 aliphatic carbocycles. The average Bonchev–Trinajstić information content (AvgIpc) is 2.98. The van der Waals surface area contributed by atoms with Gasteiger partial charge in [0.1, 0.15) is 5.15 Å². The quantitative estimate of drug-likeness (QED) is 0.568. The van der Waals surface area contributed by atoms with Crippen LogP contribution in [0, 0.1) is 0 Å². The van der Waals surface area contributed by atoms with Gasteiger partial charge in [0.2, 0.25) is 0 Å². The molecule has 0 spiro atoms. The Morgan fingerprint density at radius 1 is 1.17 bits per heavy atom. The highest BCUT2D eigenvalue weighted by molar-refractivity contribution is 7.90. The van der Waals surface area contributed by atoms with E-state index in [-0.39, 0.29) is 41.1 Å². The van der Waals surface area contributed by atoms with Crippen LogP contribution < -0.4 is 0 Å². The highest BCUT2D eigenvalue weighted by Crippen LogP contribution is 2.32. The molecule has 3 aromatic rings. The molecule has 29 heavy (non-hydrogen) atoms. The predicted molar refractivity (Wildman–Crippen MR) is 99.3 cm³/mol. The molecule has 1 N–H and O–H groups in total. The van der Waals surface area contributed by atoms with Crippen LogP contribution >= 0.6 is 11.6 Å². The summed E-state index contributed by atoms with van der Waals surface area (Å²) in [5.41, 5.74) is -0.521. The first kappa shape index (κ1) is 21.1. The zero-order valence-corrected chi connectivity index (χ0v) is 16.2. The molecule has 0 radical (unpaired) electrons. The van der Waals surface area contributed by atoms with Gasteiger partial charge in [0.05, 0.1) is 21.5 Å². The van der Waals surface area contributed by atoms with Gasteiger partial charge in [-0.3, -0.25) is 4.79 Å². The second-order valence-corrected chi connectivity index (χ2v) is 8.39. The van der Waals surface area contributed by atoms with Crippen molar-refractivity contribution in [2.24, 2.45) is 0 Å². The number of hydrogen-bond donors (Lipinski definition) is 1. The standard InChI is InChI=1S/C18H14ClF3N2O4S/c19-16-8-7-15-14(23-16)10-12(4-2-6-17(25)26)24(15)29(27,28)13-5-1-3-11(9-13)18(20,21)22/h1,3,5,7-10H,2,4,6H2,(H,25,26). The van der Waals surface area contributed by atoms with Gasteiger partial charge < -0.3 is 5.11 Å². The topological polar surface area (TPSA) is 89.3 Å². The Kier molecular flexibility index (Phi) is 5.59. The van der Waals surface area contributed by atoms with Crippen molar-refractivity contribution >= 4 is 38.6 Å². The second kappa shape index (κ2) is 7.68. The van der Waals surface area contributed by atoms with Crippen LogP contribution in [0.3, 0.4) is 0 Å². The molecule has 0 aliphatic rings. The van der Waals surface area contributed by atoms with Crippen molar-refractivity contribution in [3.63, 3.8) is 0 Å². The maximum atomic E-state index is 13.2. The summed E-state index contributed by atoms with van der Waals surface area (Å²) < 4.78 is 66.4. The van der Waals surface area contributed by atoms with E-state index in [1.165, 1.54) is 18.2 Å². The number of rotatable bonds is 6. The minimum atomic E-state index is -4.70. The molecule has 0 unspecified atom stereocenters. The lowest BCUT2D eigenvalue weighted by molar-refractivity contribution is -0.138. The van der Waals surface area contributed by atoms with E-state index in [9.17, 15) is 26.4 Å². The minimum absolute atomic E-state index is 0.0679. The van der Waals surface area contributed by atoms with Crippen molar-refractivity contribution in [1.82, 2.24) is 8.96 Å². The Balaban J connectivity index is 2.17. The number of aliphatic carboxylic acids is 1. The van der Waals surface area contributed by atoms with Crippen LogP contribution in [-0.4, -0.2) is 28.5 Å². The Morgan fingerprint density at radius 3 is 2.55 bits per heavy atom. The number of hydrogen-bond acceptors (Lipinski definition) is 4. The van der Waals surface area contributed by atoms with Crippen LogP contribution in [0.4, 0.5) is 13.2 Å². The van der Waals surface area contributed by atoms with Crippen LogP contribution in [-0.2, 0) is 27.4 Å². The number of pyridine rings is 1. The third-order valence-electron chi connectivity index (χ3n) is 4.17. The Hall–Kier alpha value is -2.59. The molecule has 2 aromatic heterocycles. The minimum Gasteiger partial charge on any atom is -0.481 e. The van der Waals surface area contributed by atoms with E-state index in [4.69, 9.17) is 16.7 Å². The second-order valence-electron chi connectivity index (χ2n) is 6.22. The number of aryl methyl sites for hydroxylation is 1. The number of carbonyl (C=O) groups is 1. The molecule has 6 nitrogen and oxygen atoms in total. The molecule has 0 saturated carbocycles. The third kappa shape index (κ3) is 4.38. The molecule has 0 aliphatic heterocycles. The lowest BCUT2D eigenvalue weighted by atomic mass is 10.2. The number of halogens is 4. The van der Waals surface area contributed by atoms with E-state index < -0.39 is 32.6 Å². The SMILES string of the molecule is O=C(O)CCCc1cc2nc(Cl)ccc2n1S(=O)(=O)c1cccc(C(F)(F)F)c1. The smallest absolute Gasteiger partial charge is 0.416 e. The van der Waals surface area contributed by atoms with E-state index in [0.717, 1.165) is 22.2 Å². The van der Waals surface area contributed by atoms with Crippen LogP contribution in [0.1, 0.15) is 24.1 Å². The lowest BCUT2D eigenvalue weighted by Gasteiger charge is -2.13. The zero-order valence-electron chi connectivity index (χ0n) is 14.6. The van der Waals surface area contributed by atoms with E-state index in [2.05, 4.69) is 4.98 Å². The van der Waals surface area contributed by atoms with Crippen LogP contribution in [0.25, 0.3) is 11.0 Å². The summed E-state index contributed by atoms with van der Waals surface area (Å²) in [6, 6.07) is 7.63. The fourth-order valence-corrected chi connectivity index (χ4v) is 4.67. The maximum absolute atomic E-state index is 13.2. The average molecular weight is 447 g/mol. The van der Waals surface area contributed by atoms with Crippen molar-refractivity contribution in [2.45, 2.75) is 30.3 Å². The number of nitrogens with zero attached hydrogens (tertiary/aromatic N) is 2. The molecule has 2 heterocycles. The number of benzene rings is 1. The summed E-state index contributed by atoms with van der Waals surface area (Å²) in [6.07, 6.45) is -4.70.